The fourth-order valence-electron chi connectivity index (χ4n) is 3.18. The average molecular weight is 326 g/mol. The molecule has 0 aliphatic carbocycles. The molecule has 1 aliphatic heterocycles. The van der Waals surface area contributed by atoms with E-state index in [0.717, 1.165) is 37.7 Å². The van der Waals surface area contributed by atoms with Crippen molar-refractivity contribution in [1.29, 1.82) is 0 Å². The number of rotatable bonds is 7. The van der Waals surface area contributed by atoms with Gasteiger partial charge in [-0.1, -0.05) is 30.3 Å². The van der Waals surface area contributed by atoms with Gasteiger partial charge in [-0.25, -0.2) is 9.97 Å². The molecule has 5 nitrogen and oxygen atoms in total. The molecule has 1 saturated heterocycles. The van der Waals surface area contributed by atoms with Gasteiger partial charge in [0.1, 0.15) is 6.33 Å². The number of hydrogen-bond acceptors (Lipinski definition) is 5. The Bertz CT molecular complexity index is 612. The summed E-state index contributed by atoms with van der Waals surface area (Å²) < 4.78 is 5.37. The third-order valence-corrected chi connectivity index (χ3v) is 4.58. The smallest absolute Gasteiger partial charge is 0.179 e. The Balaban J connectivity index is 1.39. The lowest BCUT2D eigenvalue weighted by Crippen LogP contribution is -2.47. The van der Waals surface area contributed by atoms with E-state index in [1.54, 1.807) is 19.6 Å². The van der Waals surface area contributed by atoms with Gasteiger partial charge in [0.2, 0.25) is 0 Å². The maximum absolute atomic E-state index is 5.37. The number of aryl methyl sites for hydroxylation is 1. The van der Waals surface area contributed by atoms with Crippen molar-refractivity contribution in [3.8, 4) is 5.75 Å². The predicted octanol–water partition coefficient (Wildman–Crippen LogP) is 2.63. The molecule has 3 rings (SSSR count). The first-order chi connectivity index (χ1) is 11.9. The lowest BCUT2D eigenvalue weighted by atomic mass is 10.1. The molecule has 0 N–H and O–H groups in total. The van der Waals surface area contributed by atoms with Gasteiger partial charge < -0.3 is 9.64 Å². The highest BCUT2D eigenvalue weighted by atomic mass is 16.5. The largest absolute Gasteiger partial charge is 0.491 e. The van der Waals surface area contributed by atoms with E-state index < -0.39 is 0 Å². The standard InChI is InChI=1S/C19H26N4O/c1-24-18-15-20-16-21-19(18)23-13-11-22(12-14-23)10-6-5-9-17-7-3-2-4-8-17/h2-4,7-8,15-16H,5-6,9-14H2,1H3. The van der Waals surface area contributed by atoms with Crippen LogP contribution >= 0.6 is 0 Å². The van der Waals surface area contributed by atoms with Gasteiger partial charge in [-0.3, -0.25) is 4.90 Å². The molecule has 0 saturated carbocycles. The topological polar surface area (TPSA) is 41.5 Å². The second-order valence-corrected chi connectivity index (χ2v) is 6.19. The van der Waals surface area contributed by atoms with Gasteiger partial charge in [0, 0.05) is 26.2 Å². The summed E-state index contributed by atoms with van der Waals surface area (Å²) in [5.41, 5.74) is 1.44. The summed E-state index contributed by atoms with van der Waals surface area (Å²) in [4.78, 5) is 13.2. The molecule has 0 atom stereocenters. The third-order valence-electron chi connectivity index (χ3n) is 4.58. The predicted molar refractivity (Wildman–Crippen MR) is 96.6 cm³/mol. The Morgan fingerprint density at radius 2 is 1.83 bits per heavy atom. The third kappa shape index (κ3) is 4.45. The van der Waals surface area contributed by atoms with Gasteiger partial charge in [0.05, 0.1) is 13.3 Å². The van der Waals surface area contributed by atoms with E-state index in [1.807, 2.05) is 0 Å². The minimum atomic E-state index is 0.758. The maximum Gasteiger partial charge on any atom is 0.179 e. The zero-order valence-electron chi connectivity index (χ0n) is 14.4. The van der Waals surface area contributed by atoms with Crippen LogP contribution in [-0.4, -0.2) is 54.7 Å². The Morgan fingerprint density at radius 1 is 1.04 bits per heavy atom. The highest BCUT2D eigenvalue weighted by Gasteiger charge is 2.20. The van der Waals surface area contributed by atoms with E-state index in [4.69, 9.17) is 4.74 Å². The molecule has 2 aromatic rings. The van der Waals surface area contributed by atoms with Crippen LogP contribution in [0.2, 0.25) is 0 Å². The Hall–Kier alpha value is -2.14. The second-order valence-electron chi connectivity index (χ2n) is 6.19. The zero-order chi connectivity index (χ0) is 16.6. The van der Waals surface area contributed by atoms with Crippen LogP contribution in [0.5, 0.6) is 5.75 Å². The zero-order valence-corrected chi connectivity index (χ0v) is 14.4. The summed E-state index contributed by atoms with van der Waals surface area (Å²) in [5.74, 6) is 1.67. The van der Waals surface area contributed by atoms with E-state index in [9.17, 15) is 0 Å². The van der Waals surface area contributed by atoms with Crippen molar-refractivity contribution >= 4 is 5.82 Å². The van der Waals surface area contributed by atoms with Gasteiger partial charge in [-0.2, -0.15) is 0 Å². The maximum atomic E-state index is 5.37. The molecule has 24 heavy (non-hydrogen) atoms. The lowest BCUT2D eigenvalue weighted by molar-refractivity contribution is 0.251. The highest BCUT2D eigenvalue weighted by molar-refractivity contribution is 5.50. The van der Waals surface area contributed by atoms with Crippen LogP contribution in [0, 0.1) is 0 Å². The minimum Gasteiger partial charge on any atom is -0.491 e. The molecule has 1 aromatic heterocycles. The molecular weight excluding hydrogens is 300 g/mol. The van der Waals surface area contributed by atoms with Crippen molar-refractivity contribution in [2.45, 2.75) is 19.3 Å². The highest BCUT2D eigenvalue weighted by Crippen LogP contribution is 2.24. The Kier molecular flexibility index (Phi) is 6.01. The molecule has 0 bridgehead atoms. The van der Waals surface area contributed by atoms with Gasteiger partial charge in [-0.15, -0.1) is 0 Å². The summed E-state index contributed by atoms with van der Waals surface area (Å²) >= 11 is 0. The molecule has 1 fully saturated rings. The summed E-state index contributed by atoms with van der Waals surface area (Å²) in [7, 11) is 1.67. The SMILES string of the molecule is COc1cncnc1N1CCN(CCCCc2ccccc2)CC1. The van der Waals surface area contributed by atoms with Crippen LogP contribution in [-0.2, 0) is 6.42 Å². The molecule has 0 unspecified atom stereocenters. The fourth-order valence-corrected chi connectivity index (χ4v) is 3.18. The number of anilines is 1. The number of benzene rings is 1. The second kappa shape index (κ2) is 8.64. The van der Waals surface area contributed by atoms with Crippen molar-refractivity contribution in [3.63, 3.8) is 0 Å². The summed E-state index contributed by atoms with van der Waals surface area (Å²) in [6.45, 7) is 5.33. The van der Waals surface area contributed by atoms with E-state index in [0.29, 0.717) is 0 Å². The minimum absolute atomic E-state index is 0.758. The quantitative estimate of drug-likeness (QED) is 0.732. The normalized spacial score (nSPS) is 15.5. The van der Waals surface area contributed by atoms with Crippen molar-refractivity contribution in [2.75, 3.05) is 44.7 Å². The van der Waals surface area contributed by atoms with E-state index in [2.05, 4.69) is 50.1 Å². The van der Waals surface area contributed by atoms with Crippen LogP contribution < -0.4 is 9.64 Å². The molecule has 0 amide bonds. The summed E-state index contributed by atoms with van der Waals surface area (Å²) in [6.07, 6.45) is 7.01. The van der Waals surface area contributed by atoms with E-state index >= 15 is 0 Å². The lowest BCUT2D eigenvalue weighted by Gasteiger charge is -2.35. The van der Waals surface area contributed by atoms with E-state index in [1.165, 1.54) is 31.4 Å². The number of nitrogens with zero attached hydrogens (tertiary/aromatic N) is 4. The van der Waals surface area contributed by atoms with E-state index in [-0.39, 0.29) is 0 Å². The number of hydrogen-bond donors (Lipinski definition) is 0. The van der Waals surface area contributed by atoms with Crippen LogP contribution in [0.25, 0.3) is 0 Å². The summed E-state index contributed by atoms with van der Waals surface area (Å²) in [5, 5.41) is 0. The first kappa shape index (κ1) is 16.7. The number of piperazine rings is 1. The van der Waals surface area contributed by atoms with Crippen LogP contribution in [0.15, 0.2) is 42.9 Å². The number of methoxy groups -OCH3 is 1. The number of ether oxygens (including phenoxy) is 1. The van der Waals surface area contributed by atoms with Crippen molar-refractivity contribution in [2.24, 2.45) is 0 Å². The van der Waals surface area contributed by atoms with Crippen molar-refractivity contribution < 1.29 is 4.74 Å². The summed E-state index contributed by atoms with van der Waals surface area (Å²) in [6, 6.07) is 10.8. The molecular formula is C19H26N4O. The van der Waals surface area contributed by atoms with Gasteiger partial charge in [0.25, 0.3) is 0 Å². The molecule has 2 heterocycles. The van der Waals surface area contributed by atoms with Gasteiger partial charge >= 0.3 is 0 Å². The Morgan fingerprint density at radius 3 is 2.58 bits per heavy atom. The van der Waals surface area contributed by atoms with Crippen molar-refractivity contribution in [3.05, 3.63) is 48.4 Å². The average Bonchev–Trinajstić information content (AvgIpc) is 2.66. The first-order valence-corrected chi connectivity index (χ1v) is 8.72. The Labute approximate surface area is 144 Å². The molecule has 1 aliphatic rings. The van der Waals surface area contributed by atoms with Gasteiger partial charge in [-0.05, 0) is 31.4 Å². The first-order valence-electron chi connectivity index (χ1n) is 8.72. The fraction of sp³-hybridized carbons (Fsp3) is 0.474. The molecule has 1 aromatic carbocycles. The van der Waals surface area contributed by atoms with Crippen LogP contribution in [0.4, 0.5) is 5.82 Å². The molecule has 5 heteroatoms. The molecule has 0 spiro atoms. The number of aromatic nitrogens is 2. The van der Waals surface area contributed by atoms with Crippen molar-refractivity contribution in [1.82, 2.24) is 14.9 Å². The monoisotopic (exact) mass is 326 g/mol. The molecule has 0 radical (unpaired) electrons. The van der Waals surface area contributed by atoms with Crippen LogP contribution in [0.1, 0.15) is 18.4 Å². The number of unbranched alkanes of at least 4 members (excludes halogenated alkanes) is 1. The molecule has 128 valence electrons. The van der Waals surface area contributed by atoms with Crippen LogP contribution in [0.3, 0.4) is 0 Å². The van der Waals surface area contributed by atoms with Gasteiger partial charge in [0.15, 0.2) is 11.6 Å².